The fourth-order valence-electron chi connectivity index (χ4n) is 1.57. The molecular weight excluding hydrogens is 280 g/mol. The summed E-state index contributed by atoms with van der Waals surface area (Å²) in [5.41, 5.74) is 0.130. The summed E-state index contributed by atoms with van der Waals surface area (Å²) in [6, 6.07) is 0. The Morgan fingerprint density at radius 3 is 2.19 bits per heavy atom. The zero-order valence-corrected chi connectivity index (χ0v) is 16.2. The van der Waals surface area contributed by atoms with E-state index in [1.54, 1.807) is 0 Å². The van der Waals surface area contributed by atoms with Crippen LogP contribution in [0.4, 0.5) is 0 Å². The van der Waals surface area contributed by atoms with E-state index in [-0.39, 0.29) is 16.4 Å². The largest absolute Gasteiger partial charge is 0.463 e. The molecule has 0 radical (unpaired) electrons. The van der Waals surface area contributed by atoms with Crippen LogP contribution in [0.2, 0.25) is 18.1 Å². The molecule has 4 heteroatoms. The highest BCUT2D eigenvalue weighted by molar-refractivity contribution is 6.74. The predicted molar refractivity (Wildman–Crippen MR) is 91.9 cm³/mol. The van der Waals surface area contributed by atoms with Crippen LogP contribution in [-0.4, -0.2) is 27.5 Å². The summed E-state index contributed by atoms with van der Waals surface area (Å²) >= 11 is 0. The minimum Gasteiger partial charge on any atom is -0.463 e. The molecule has 0 aromatic rings. The van der Waals surface area contributed by atoms with Gasteiger partial charge in [-0.05, 0) is 43.3 Å². The fraction of sp³-hybridized carbons (Fsp3) is 0.824. The van der Waals surface area contributed by atoms with Crippen LogP contribution in [0.15, 0.2) is 12.2 Å². The van der Waals surface area contributed by atoms with Crippen molar-refractivity contribution < 1.29 is 14.0 Å². The maximum absolute atomic E-state index is 11.3. The highest BCUT2D eigenvalue weighted by Crippen LogP contribution is 2.37. The van der Waals surface area contributed by atoms with Crippen molar-refractivity contribution in [3.63, 3.8) is 0 Å². The van der Waals surface area contributed by atoms with Crippen LogP contribution in [0.5, 0.6) is 0 Å². The van der Waals surface area contributed by atoms with Gasteiger partial charge in [-0.2, -0.15) is 0 Å². The van der Waals surface area contributed by atoms with Crippen molar-refractivity contribution in [3.05, 3.63) is 12.2 Å². The van der Waals surface area contributed by atoms with Crippen molar-refractivity contribution in [2.24, 2.45) is 5.41 Å². The molecule has 21 heavy (non-hydrogen) atoms. The number of hydrogen-bond donors (Lipinski definition) is 0. The van der Waals surface area contributed by atoms with E-state index in [0.29, 0.717) is 6.61 Å². The topological polar surface area (TPSA) is 35.5 Å². The van der Waals surface area contributed by atoms with Gasteiger partial charge in [0.15, 0.2) is 8.32 Å². The molecule has 0 amide bonds. The van der Waals surface area contributed by atoms with Crippen LogP contribution in [0.1, 0.15) is 54.4 Å². The molecule has 0 atom stereocenters. The quantitative estimate of drug-likeness (QED) is 0.362. The van der Waals surface area contributed by atoms with Crippen molar-refractivity contribution in [3.8, 4) is 0 Å². The van der Waals surface area contributed by atoms with E-state index in [4.69, 9.17) is 9.16 Å². The van der Waals surface area contributed by atoms with Crippen molar-refractivity contribution in [2.75, 3.05) is 13.2 Å². The summed E-state index contributed by atoms with van der Waals surface area (Å²) in [5.74, 6) is -0.258. The maximum Gasteiger partial charge on any atom is 0.330 e. The SMILES string of the molecule is CCOC(=O)C=CCC(C)(C)CCO[Si](C)(C)C(C)(C)C. The first-order chi connectivity index (χ1) is 9.41. The summed E-state index contributed by atoms with van der Waals surface area (Å²) in [7, 11) is -1.66. The van der Waals surface area contributed by atoms with E-state index in [1.807, 2.05) is 13.0 Å². The molecular formula is C17H34O3Si. The van der Waals surface area contributed by atoms with Gasteiger partial charge in [0.05, 0.1) is 6.61 Å². The first kappa shape index (κ1) is 20.4. The predicted octanol–water partition coefficient (Wildman–Crippen LogP) is 4.93. The number of allylic oxidation sites excluding steroid dienone is 1. The normalized spacial score (nSPS) is 13.7. The molecule has 0 aromatic heterocycles. The molecule has 0 saturated carbocycles. The Labute approximate surface area is 132 Å². The second-order valence-electron chi connectivity index (χ2n) is 7.88. The summed E-state index contributed by atoms with van der Waals surface area (Å²) in [6.07, 6.45) is 5.28. The molecule has 0 aliphatic heterocycles. The second-order valence-corrected chi connectivity index (χ2v) is 12.7. The van der Waals surface area contributed by atoms with E-state index in [0.717, 1.165) is 19.4 Å². The van der Waals surface area contributed by atoms with E-state index in [9.17, 15) is 4.79 Å². The lowest BCUT2D eigenvalue weighted by atomic mass is 9.86. The monoisotopic (exact) mass is 314 g/mol. The molecule has 0 saturated heterocycles. The number of rotatable bonds is 8. The summed E-state index contributed by atoms with van der Waals surface area (Å²) in [5, 5.41) is 0.251. The van der Waals surface area contributed by atoms with Gasteiger partial charge in [-0.15, -0.1) is 0 Å². The highest BCUT2D eigenvalue weighted by Gasteiger charge is 2.37. The Hall–Kier alpha value is -0.613. The molecule has 0 rings (SSSR count). The fourth-order valence-corrected chi connectivity index (χ4v) is 2.61. The summed E-state index contributed by atoms with van der Waals surface area (Å²) < 4.78 is 11.1. The highest BCUT2D eigenvalue weighted by atomic mass is 28.4. The van der Waals surface area contributed by atoms with Crippen molar-refractivity contribution in [2.45, 2.75) is 72.5 Å². The van der Waals surface area contributed by atoms with Crippen LogP contribution in [0, 0.1) is 5.41 Å². The van der Waals surface area contributed by atoms with Gasteiger partial charge in [0.25, 0.3) is 0 Å². The number of esters is 1. The summed E-state index contributed by atoms with van der Waals surface area (Å²) in [6.45, 7) is 18.8. The van der Waals surface area contributed by atoms with Gasteiger partial charge in [0.1, 0.15) is 0 Å². The number of carbonyl (C=O) groups excluding carboxylic acids is 1. The minimum atomic E-state index is -1.66. The van der Waals surface area contributed by atoms with Gasteiger partial charge >= 0.3 is 5.97 Å². The van der Waals surface area contributed by atoms with Gasteiger partial charge in [-0.25, -0.2) is 4.79 Å². The van der Waals surface area contributed by atoms with Gasteiger partial charge in [0, 0.05) is 12.7 Å². The Kier molecular flexibility index (Phi) is 7.90. The van der Waals surface area contributed by atoms with Gasteiger partial charge in [0.2, 0.25) is 0 Å². The van der Waals surface area contributed by atoms with E-state index >= 15 is 0 Å². The summed E-state index contributed by atoms with van der Waals surface area (Å²) in [4.78, 5) is 11.3. The zero-order chi connectivity index (χ0) is 16.7. The smallest absolute Gasteiger partial charge is 0.330 e. The lowest BCUT2D eigenvalue weighted by Gasteiger charge is -2.37. The first-order valence-electron chi connectivity index (χ1n) is 7.88. The molecule has 0 bridgehead atoms. The molecule has 0 spiro atoms. The van der Waals surface area contributed by atoms with E-state index in [2.05, 4.69) is 47.7 Å². The maximum atomic E-state index is 11.3. The Bertz CT molecular complexity index is 352. The van der Waals surface area contributed by atoms with Crippen LogP contribution in [-0.2, 0) is 14.0 Å². The second kappa shape index (κ2) is 8.13. The molecule has 0 N–H and O–H groups in total. The minimum absolute atomic E-state index is 0.130. The van der Waals surface area contributed by atoms with Gasteiger partial charge in [-0.3, -0.25) is 0 Å². The van der Waals surface area contributed by atoms with Crippen LogP contribution < -0.4 is 0 Å². The molecule has 0 aromatic carbocycles. The van der Waals surface area contributed by atoms with Crippen LogP contribution in [0.25, 0.3) is 0 Å². The molecule has 0 fully saturated rings. The molecule has 0 heterocycles. The van der Waals surface area contributed by atoms with E-state index < -0.39 is 8.32 Å². The van der Waals surface area contributed by atoms with Gasteiger partial charge < -0.3 is 9.16 Å². The van der Waals surface area contributed by atoms with Crippen molar-refractivity contribution in [1.82, 2.24) is 0 Å². The Balaban J connectivity index is 4.23. The van der Waals surface area contributed by atoms with E-state index in [1.165, 1.54) is 6.08 Å². The zero-order valence-electron chi connectivity index (χ0n) is 15.2. The third kappa shape index (κ3) is 8.42. The van der Waals surface area contributed by atoms with Crippen molar-refractivity contribution >= 4 is 14.3 Å². The molecule has 124 valence electrons. The standard InChI is InChI=1S/C17H34O3Si/c1-9-19-15(18)11-10-12-17(5,6)13-14-20-21(7,8)16(2,3)4/h10-11H,9,12-14H2,1-8H3. The third-order valence-corrected chi connectivity index (χ3v) is 8.80. The number of ether oxygens (including phenoxy) is 1. The first-order valence-corrected chi connectivity index (χ1v) is 10.8. The lowest BCUT2D eigenvalue weighted by molar-refractivity contribution is -0.137. The average molecular weight is 315 g/mol. The molecule has 0 unspecified atom stereocenters. The lowest BCUT2D eigenvalue weighted by Crippen LogP contribution is -2.41. The van der Waals surface area contributed by atoms with Crippen LogP contribution >= 0.6 is 0 Å². The van der Waals surface area contributed by atoms with Gasteiger partial charge in [-0.1, -0.05) is 40.7 Å². The Morgan fingerprint density at radius 2 is 1.71 bits per heavy atom. The number of hydrogen-bond acceptors (Lipinski definition) is 3. The molecule has 0 aliphatic carbocycles. The Morgan fingerprint density at radius 1 is 1.14 bits per heavy atom. The molecule has 3 nitrogen and oxygen atoms in total. The molecule has 0 aliphatic rings. The average Bonchev–Trinajstić information content (AvgIpc) is 2.26. The van der Waals surface area contributed by atoms with Crippen LogP contribution in [0.3, 0.4) is 0 Å². The van der Waals surface area contributed by atoms with Crippen molar-refractivity contribution in [1.29, 1.82) is 0 Å². The third-order valence-electron chi connectivity index (χ3n) is 4.26. The number of carbonyl (C=O) groups is 1.